The summed E-state index contributed by atoms with van der Waals surface area (Å²) >= 11 is 6.25. The van der Waals surface area contributed by atoms with E-state index in [0.717, 1.165) is 17.8 Å². The molecule has 0 aliphatic heterocycles. The Morgan fingerprint density at radius 3 is 2.50 bits per heavy atom. The van der Waals surface area contributed by atoms with Crippen LogP contribution in [0.1, 0.15) is 35.6 Å². The van der Waals surface area contributed by atoms with Gasteiger partial charge in [-0.25, -0.2) is 0 Å². The molecule has 1 heterocycles. The van der Waals surface area contributed by atoms with Gasteiger partial charge in [-0.2, -0.15) is 5.10 Å². The molecule has 0 saturated carbocycles. The van der Waals surface area contributed by atoms with Gasteiger partial charge in [0.05, 0.1) is 16.4 Å². The first-order valence-corrected chi connectivity index (χ1v) is 6.84. The molecule has 0 amide bonds. The van der Waals surface area contributed by atoms with Crippen molar-refractivity contribution in [1.29, 1.82) is 0 Å². The minimum Gasteiger partial charge on any atom is -0.487 e. The summed E-state index contributed by atoms with van der Waals surface area (Å²) in [5, 5.41) is 5.00. The molecule has 0 N–H and O–H groups in total. The second kappa shape index (κ2) is 6.09. The molecule has 1 aromatic heterocycles. The van der Waals surface area contributed by atoms with Crippen LogP contribution in [0.25, 0.3) is 0 Å². The van der Waals surface area contributed by atoms with Gasteiger partial charge < -0.3 is 4.74 Å². The smallest absolute Gasteiger partial charge is 0.159 e. The van der Waals surface area contributed by atoms with Gasteiger partial charge in [0.1, 0.15) is 12.4 Å². The lowest BCUT2D eigenvalue weighted by atomic mass is 10.1. The largest absolute Gasteiger partial charge is 0.487 e. The van der Waals surface area contributed by atoms with E-state index in [9.17, 15) is 4.79 Å². The van der Waals surface area contributed by atoms with E-state index >= 15 is 0 Å². The van der Waals surface area contributed by atoms with Gasteiger partial charge in [0.25, 0.3) is 0 Å². The van der Waals surface area contributed by atoms with Crippen LogP contribution in [0, 0.1) is 0 Å². The number of aryl methyl sites for hydroxylation is 2. The standard InChI is InChI=1S/C15H17ClN2O2/c1-4-13-15(16)14(18(3)17-13)9-20-12-7-5-11(6-8-12)10(2)19/h5-8H,4,9H2,1-3H3. The van der Waals surface area contributed by atoms with Gasteiger partial charge >= 0.3 is 0 Å². The number of nitrogens with zero attached hydrogens (tertiary/aromatic N) is 2. The van der Waals surface area contributed by atoms with Gasteiger partial charge in [0, 0.05) is 12.6 Å². The summed E-state index contributed by atoms with van der Waals surface area (Å²) in [6.45, 7) is 3.90. The van der Waals surface area contributed by atoms with E-state index in [1.54, 1.807) is 28.9 Å². The van der Waals surface area contributed by atoms with Crippen LogP contribution < -0.4 is 4.74 Å². The molecule has 20 heavy (non-hydrogen) atoms. The van der Waals surface area contributed by atoms with Crippen LogP contribution in [0.4, 0.5) is 0 Å². The Kier molecular flexibility index (Phi) is 4.45. The van der Waals surface area contributed by atoms with Gasteiger partial charge in [-0.3, -0.25) is 9.48 Å². The van der Waals surface area contributed by atoms with Crippen LogP contribution in [-0.2, 0) is 20.1 Å². The predicted molar refractivity (Wildman–Crippen MR) is 78.4 cm³/mol. The molecular formula is C15H17ClN2O2. The Balaban J connectivity index is 2.09. The quantitative estimate of drug-likeness (QED) is 0.793. The summed E-state index contributed by atoms with van der Waals surface area (Å²) in [5.74, 6) is 0.740. The van der Waals surface area contributed by atoms with Crippen molar-refractivity contribution >= 4 is 17.4 Å². The highest BCUT2D eigenvalue weighted by molar-refractivity contribution is 6.31. The number of ether oxygens (including phenoxy) is 1. The second-order valence-electron chi connectivity index (χ2n) is 4.55. The van der Waals surface area contributed by atoms with Crippen LogP contribution in [0.3, 0.4) is 0 Å². The summed E-state index contributed by atoms with van der Waals surface area (Å²) in [4.78, 5) is 11.2. The monoisotopic (exact) mass is 292 g/mol. The predicted octanol–water partition coefficient (Wildman–Crippen LogP) is 3.42. The Morgan fingerprint density at radius 2 is 2.00 bits per heavy atom. The number of hydrogen-bond donors (Lipinski definition) is 0. The van der Waals surface area contributed by atoms with Crippen LogP contribution in [0.2, 0.25) is 5.02 Å². The fraction of sp³-hybridized carbons (Fsp3) is 0.333. The number of rotatable bonds is 5. The zero-order valence-electron chi connectivity index (χ0n) is 11.8. The van der Waals surface area contributed by atoms with Crippen molar-refractivity contribution < 1.29 is 9.53 Å². The summed E-state index contributed by atoms with van der Waals surface area (Å²) in [6, 6.07) is 7.06. The number of halogens is 1. The molecule has 2 aromatic rings. The fourth-order valence-electron chi connectivity index (χ4n) is 1.91. The third kappa shape index (κ3) is 3.02. The molecular weight excluding hydrogens is 276 g/mol. The van der Waals surface area contributed by atoms with Crippen LogP contribution in [0.15, 0.2) is 24.3 Å². The lowest BCUT2D eigenvalue weighted by molar-refractivity contribution is 0.101. The number of ketones is 1. The second-order valence-corrected chi connectivity index (χ2v) is 4.93. The van der Waals surface area contributed by atoms with Gasteiger partial charge in [0.15, 0.2) is 5.78 Å². The van der Waals surface area contributed by atoms with E-state index in [1.807, 2.05) is 14.0 Å². The van der Waals surface area contributed by atoms with Crippen LogP contribution in [0.5, 0.6) is 5.75 Å². The highest BCUT2D eigenvalue weighted by Gasteiger charge is 2.13. The molecule has 0 spiro atoms. The summed E-state index contributed by atoms with van der Waals surface area (Å²) in [6.07, 6.45) is 0.792. The van der Waals surface area contributed by atoms with E-state index < -0.39 is 0 Å². The summed E-state index contributed by atoms with van der Waals surface area (Å²) < 4.78 is 7.43. The molecule has 0 aliphatic rings. The number of carbonyl (C=O) groups excluding carboxylic acids is 1. The molecule has 0 atom stereocenters. The average molecular weight is 293 g/mol. The minimum atomic E-state index is 0.0406. The lowest BCUT2D eigenvalue weighted by Gasteiger charge is -2.07. The maximum Gasteiger partial charge on any atom is 0.159 e. The van der Waals surface area contributed by atoms with Crippen molar-refractivity contribution in [3.8, 4) is 5.75 Å². The van der Waals surface area contributed by atoms with Gasteiger partial charge in [0.2, 0.25) is 0 Å². The molecule has 0 radical (unpaired) electrons. The fourth-order valence-corrected chi connectivity index (χ4v) is 2.26. The molecule has 0 bridgehead atoms. The average Bonchev–Trinajstić information content (AvgIpc) is 2.71. The molecule has 0 fully saturated rings. The summed E-state index contributed by atoms with van der Waals surface area (Å²) in [7, 11) is 1.85. The van der Waals surface area contributed by atoms with Gasteiger partial charge in [-0.1, -0.05) is 18.5 Å². The minimum absolute atomic E-state index is 0.0406. The first kappa shape index (κ1) is 14.6. The number of benzene rings is 1. The van der Waals surface area contributed by atoms with Crippen molar-refractivity contribution in [2.45, 2.75) is 26.9 Å². The third-order valence-electron chi connectivity index (χ3n) is 3.14. The van der Waals surface area contributed by atoms with Crippen molar-refractivity contribution in [3.05, 3.63) is 46.2 Å². The normalized spacial score (nSPS) is 10.6. The maximum absolute atomic E-state index is 11.2. The number of aromatic nitrogens is 2. The molecule has 106 valence electrons. The number of Topliss-reactive ketones (excluding diaryl/α,β-unsaturated/α-hetero) is 1. The van der Waals surface area contributed by atoms with E-state index in [4.69, 9.17) is 16.3 Å². The number of carbonyl (C=O) groups is 1. The lowest BCUT2D eigenvalue weighted by Crippen LogP contribution is -2.03. The zero-order chi connectivity index (χ0) is 14.7. The van der Waals surface area contributed by atoms with Gasteiger partial charge in [-0.15, -0.1) is 0 Å². The highest BCUT2D eigenvalue weighted by Crippen LogP contribution is 2.22. The van der Waals surface area contributed by atoms with E-state index in [2.05, 4.69) is 5.10 Å². The first-order chi connectivity index (χ1) is 9.52. The third-order valence-corrected chi connectivity index (χ3v) is 3.58. The zero-order valence-corrected chi connectivity index (χ0v) is 12.6. The Labute approximate surface area is 123 Å². The highest BCUT2D eigenvalue weighted by atomic mass is 35.5. The number of hydrogen-bond acceptors (Lipinski definition) is 3. The molecule has 2 rings (SSSR count). The Hall–Kier alpha value is -1.81. The maximum atomic E-state index is 11.2. The SMILES string of the molecule is CCc1nn(C)c(COc2ccc(C(C)=O)cc2)c1Cl. The molecule has 4 nitrogen and oxygen atoms in total. The first-order valence-electron chi connectivity index (χ1n) is 6.47. The topological polar surface area (TPSA) is 44.1 Å². The molecule has 5 heteroatoms. The molecule has 0 unspecified atom stereocenters. The van der Waals surface area contributed by atoms with E-state index in [1.165, 1.54) is 6.92 Å². The van der Waals surface area contributed by atoms with Crippen molar-refractivity contribution in [3.63, 3.8) is 0 Å². The molecule has 0 aliphatic carbocycles. The Morgan fingerprint density at radius 1 is 1.35 bits per heavy atom. The van der Waals surface area contributed by atoms with Gasteiger partial charge in [-0.05, 0) is 37.6 Å². The van der Waals surface area contributed by atoms with Crippen LogP contribution in [-0.4, -0.2) is 15.6 Å². The molecule has 0 saturated heterocycles. The Bertz CT molecular complexity index is 618. The summed E-state index contributed by atoms with van der Waals surface area (Å²) in [5.41, 5.74) is 2.39. The van der Waals surface area contributed by atoms with Crippen molar-refractivity contribution in [2.24, 2.45) is 7.05 Å². The van der Waals surface area contributed by atoms with Crippen molar-refractivity contribution in [2.75, 3.05) is 0 Å². The van der Waals surface area contributed by atoms with Crippen LogP contribution >= 0.6 is 11.6 Å². The van der Waals surface area contributed by atoms with E-state index in [0.29, 0.717) is 22.9 Å². The molecule has 1 aromatic carbocycles. The van der Waals surface area contributed by atoms with Crippen molar-refractivity contribution in [1.82, 2.24) is 9.78 Å². The van der Waals surface area contributed by atoms with E-state index in [-0.39, 0.29) is 5.78 Å².